The minimum absolute atomic E-state index is 0.634. The van der Waals surface area contributed by atoms with Gasteiger partial charge in [-0.05, 0) is 20.5 Å². The van der Waals surface area contributed by atoms with Gasteiger partial charge in [-0.3, -0.25) is 4.90 Å². The van der Waals surface area contributed by atoms with Gasteiger partial charge in [-0.1, -0.05) is 0 Å². The highest BCUT2D eigenvalue weighted by Gasteiger charge is 2.49. The SMILES string of the molecule is CN1CC2(CCN2C)C1. The molecule has 0 atom stereocenters. The Bertz CT molecular complexity index is 127. The topological polar surface area (TPSA) is 6.48 Å². The first-order valence-electron chi connectivity index (χ1n) is 3.63. The Balaban J connectivity index is 1.97. The maximum atomic E-state index is 2.48. The number of rotatable bonds is 0. The summed E-state index contributed by atoms with van der Waals surface area (Å²) in [6.45, 7) is 3.90. The van der Waals surface area contributed by atoms with Gasteiger partial charge in [-0.25, -0.2) is 0 Å². The Kier molecular flexibility index (Phi) is 0.945. The molecule has 9 heavy (non-hydrogen) atoms. The van der Waals surface area contributed by atoms with E-state index in [1.165, 1.54) is 26.1 Å². The first-order valence-corrected chi connectivity index (χ1v) is 3.63. The maximum Gasteiger partial charge on any atom is 0.0472 e. The van der Waals surface area contributed by atoms with Crippen molar-refractivity contribution < 1.29 is 0 Å². The Morgan fingerprint density at radius 2 is 1.89 bits per heavy atom. The third-order valence-electron chi connectivity index (χ3n) is 2.85. The Morgan fingerprint density at radius 3 is 2.00 bits per heavy atom. The molecule has 0 amide bonds. The van der Waals surface area contributed by atoms with Crippen molar-refractivity contribution in [1.82, 2.24) is 9.80 Å². The Morgan fingerprint density at radius 1 is 1.22 bits per heavy atom. The number of hydrogen-bond acceptors (Lipinski definition) is 2. The van der Waals surface area contributed by atoms with Crippen molar-refractivity contribution >= 4 is 0 Å². The van der Waals surface area contributed by atoms with Gasteiger partial charge >= 0.3 is 0 Å². The second-order valence-corrected chi connectivity index (χ2v) is 3.57. The quantitative estimate of drug-likeness (QED) is 0.451. The number of likely N-dealkylation sites (N-methyl/N-ethyl adjacent to an activating group) is 2. The van der Waals surface area contributed by atoms with E-state index in [1.54, 1.807) is 0 Å². The summed E-state index contributed by atoms with van der Waals surface area (Å²) in [5.74, 6) is 0. The van der Waals surface area contributed by atoms with Crippen molar-refractivity contribution in [2.45, 2.75) is 12.0 Å². The summed E-state index contributed by atoms with van der Waals surface area (Å²) in [5.41, 5.74) is 0.634. The summed E-state index contributed by atoms with van der Waals surface area (Å²) in [7, 11) is 4.42. The predicted molar refractivity (Wildman–Crippen MR) is 37.5 cm³/mol. The van der Waals surface area contributed by atoms with Crippen molar-refractivity contribution in [3.05, 3.63) is 0 Å². The van der Waals surface area contributed by atoms with Gasteiger partial charge in [-0.2, -0.15) is 0 Å². The molecular weight excluding hydrogens is 112 g/mol. The van der Waals surface area contributed by atoms with Crippen molar-refractivity contribution in [2.24, 2.45) is 0 Å². The van der Waals surface area contributed by atoms with Gasteiger partial charge in [0.15, 0.2) is 0 Å². The monoisotopic (exact) mass is 126 g/mol. The summed E-state index contributed by atoms with van der Waals surface area (Å²) in [5, 5.41) is 0. The molecule has 0 saturated carbocycles. The van der Waals surface area contributed by atoms with Crippen molar-refractivity contribution in [3.8, 4) is 0 Å². The molecule has 0 aromatic heterocycles. The van der Waals surface area contributed by atoms with Crippen molar-refractivity contribution in [1.29, 1.82) is 0 Å². The lowest BCUT2D eigenvalue weighted by Crippen LogP contribution is -2.74. The van der Waals surface area contributed by atoms with Crippen LogP contribution in [0.2, 0.25) is 0 Å². The van der Waals surface area contributed by atoms with Crippen LogP contribution in [-0.2, 0) is 0 Å². The lowest BCUT2D eigenvalue weighted by atomic mass is 9.78. The molecule has 0 N–H and O–H groups in total. The van der Waals surface area contributed by atoms with E-state index in [9.17, 15) is 0 Å². The number of nitrogens with zero attached hydrogens (tertiary/aromatic N) is 2. The summed E-state index contributed by atoms with van der Waals surface area (Å²) in [4.78, 5) is 4.86. The summed E-state index contributed by atoms with van der Waals surface area (Å²) < 4.78 is 0. The Labute approximate surface area is 56.4 Å². The first kappa shape index (κ1) is 5.69. The van der Waals surface area contributed by atoms with E-state index >= 15 is 0 Å². The van der Waals surface area contributed by atoms with E-state index in [0.29, 0.717) is 5.54 Å². The van der Waals surface area contributed by atoms with Crippen molar-refractivity contribution in [3.63, 3.8) is 0 Å². The molecule has 2 saturated heterocycles. The van der Waals surface area contributed by atoms with Crippen LogP contribution >= 0.6 is 0 Å². The van der Waals surface area contributed by atoms with Crippen molar-refractivity contribution in [2.75, 3.05) is 33.7 Å². The zero-order valence-corrected chi connectivity index (χ0v) is 6.22. The molecule has 0 aromatic carbocycles. The van der Waals surface area contributed by atoms with Gasteiger partial charge in [0.25, 0.3) is 0 Å². The molecule has 2 nitrogen and oxygen atoms in total. The van der Waals surface area contributed by atoms with Crippen LogP contribution in [0.25, 0.3) is 0 Å². The van der Waals surface area contributed by atoms with Crippen LogP contribution in [-0.4, -0.2) is 49.1 Å². The van der Waals surface area contributed by atoms with Gasteiger partial charge in [0, 0.05) is 25.2 Å². The third kappa shape index (κ3) is 0.578. The fourth-order valence-electron chi connectivity index (χ4n) is 2.01. The van der Waals surface area contributed by atoms with E-state index < -0.39 is 0 Å². The van der Waals surface area contributed by atoms with Crippen LogP contribution < -0.4 is 0 Å². The molecule has 2 aliphatic heterocycles. The highest BCUT2D eigenvalue weighted by molar-refractivity contribution is 5.08. The van der Waals surface area contributed by atoms with Crippen LogP contribution in [0.3, 0.4) is 0 Å². The zero-order chi connectivity index (χ0) is 6.48. The highest BCUT2D eigenvalue weighted by atomic mass is 15.4. The molecule has 0 unspecified atom stereocenters. The second kappa shape index (κ2) is 1.50. The van der Waals surface area contributed by atoms with Gasteiger partial charge in [0.1, 0.15) is 0 Å². The van der Waals surface area contributed by atoms with Crippen LogP contribution in [0.1, 0.15) is 6.42 Å². The largest absolute Gasteiger partial charge is 0.303 e. The first-order chi connectivity index (χ1) is 4.23. The maximum absolute atomic E-state index is 2.48. The molecule has 0 aliphatic carbocycles. The van der Waals surface area contributed by atoms with Crippen LogP contribution in [0.4, 0.5) is 0 Å². The van der Waals surface area contributed by atoms with Gasteiger partial charge in [0.05, 0.1) is 0 Å². The van der Waals surface area contributed by atoms with Crippen LogP contribution in [0, 0.1) is 0 Å². The lowest BCUT2D eigenvalue weighted by molar-refractivity contribution is -0.0976. The molecule has 0 bridgehead atoms. The highest BCUT2D eigenvalue weighted by Crippen LogP contribution is 2.36. The smallest absolute Gasteiger partial charge is 0.0472 e. The summed E-state index contributed by atoms with van der Waals surface area (Å²) in [6, 6.07) is 0. The van der Waals surface area contributed by atoms with E-state index in [1.807, 2.05) is 0 Å². The summed E-state index contributed by atoms with van der Waals surface area (Å²) in [6.07, 6.45) is 1.42. The van der Waals surface area contributed by atoms with E-state index in [2.05, 4.69) is 23.9 Å². The molecule has 0 aromatic rings. The van der Waals surface area contributed by atoms with Crippen LogP contribution in [0.15, 0.2) is 0 Å². The molecule has 1 spiro atoms. The zero-order valence-electron chi connectivity index (χ0n) is 6.22. The molecule has 0 radical (unpaired) electrons. The minimum atomic E-state index is 0.634. The average Bonchev–Trinajstić information content (AvgIpc) is 1.77. The van der Waals surface area contributed by atoms with E-state index in [-0.39, 0.29) is 0 Å². The Hall–Kier alpha value is -0.0800. The fourth-order valence-corrected chi connectivity index (χ4v) is 2.01. The summed E-state index contributed by atoms with van der Waals surface area (Å²) >= 11 is 0. The second-order valence-electron chi connectivity index (χ2n) is 3.57. The molecule has 52 valence electrons. The van der Waals surface area contributed by atoms with E-state index in [4.69, 9.17) is 0 Å². The fraction of sp³-hybridized carbons (Fsp3) is 1.00. The number of hydrogen-bond donors (Lipinski definition) is 0. The average molecular weight is 126 g/mol. The van der Waals surface area contributed by atoms with Gasteiger partial charge in [0.2, 0.25) is 0 Å². The molecule has 2 aliphatic rings. The molecule has 2 fully saturated rings. The molecule has 2 heterocycles. The predicted octanol–water partition coefficient (Wildman–Crippen LogP) is 0.00610. The van der Waals surface area contributed by atoms with Gasteiger partial charge < -0.3 is 4.90 Å². The normalized spacial score (nSPS) is 34.0. The molecule has 2 rings (SSSR count). The third-order valence-corrected chi connectivity index (χ3v) is 2.85. The van der Waals surface area contributed by atoms with E-state index in [0.717, 1.165) is 0 Å². The molecule has 2 heteroatoms. The number of likely N-dealkylation sites (tertiary alicyclic amines) is 2. The standard InChI is InChI=1S/C7H14N2/c1-8-5-7(6-8)3-4-9(7)2/h3-6H2,1-2H3. The van der Waals surface area contributed by atoms with Crippen LogP contribution in [0.5, 0.6) is 0 Å². The molecular formula is C7H14N2. The lowest BCUT2D eigenvalue weighted by Gasteiger charge is -2.61. The minimum Gasteiger partial charge on any atom is -0.303 e. The van der Waals surface area contributed by atoms with Gasteiger partial charge in [-0.15, -0.1) is 0 Å².